The fourth-order valence-electron chi connectivity index (χ4n) is 3.90. The molecule has 0 radical (unpaired) electrons. The minimum Gasteiger partial charge on any atom is -0.444 e. The zero-order valence-electron chi connectivity index (χ0n) is 19.7. The van der Waals surface area contributed by atoms with Crippen LogP contribution in [-0.2, 0) is 19.3 Å². The second-order valence-corrected chi connectivity index (χ2v) is 11.8. The van der Waals surface area contributed by atoms with Crippen molar-refractivity contribution in [3.63, 3.8) is 0 Å². The Morgan fingerprint density at radius 1 is 1.29 bits per heavy atom. The van der Waals surface area contributed by atoms with Gasteiger partial charge in [0, 0.05) is 19.6 Å². The Morgan fingerprint density at radius 2 is 1.94 bits per heavy atom. The number of nitrogens with one attached hydrogen (secondary N) is 2. The maximum atomic E-state index is 12.9. The summed E-state index contributed by atoms with van der Waals surface area (Å²) in [6.07, 6.45) is 0.0453. The SMILES string of the molecule is CCNC(=NCC1CCS(=O)(=O)C1)NCC1C(C)OC(C)(C)N1C(=O)OC(C)(C)C.I. The van der Waals surface area contributed by atoms with E-state index in [9.17, 15) is 13.2 Å². The highest BCUT2D eigenvalue weighted by Crippen LogP contribution is 2.33. The van der Waals surface area contributed by atoms with Gasteiger partial charge in [0.05, 0.1) is 23.7 Å². The van der Waals surface area contributed by atoms with E-state index in [0.29, 0.717) is 32.0 Å². The number of carbonyl (C=O) groups is 1. The first kappa shape index (κ1) is 28.2. The summed E-state index contributed by atoms with van der Waals surface area (Å²) in [4.78, 5) is 19.1. The molecule has 2 heterocycles. The van der Waals surface area contributed by atoms with Crippen molar-refractivity contribution in [2.75, 3.05) is 31.1 Å². The van der Waals surface area contributed by atoms with E-state index in [1.54, 1.807) is 4.90 Å². The van der Waals surface area contributed by atoms with Gasteiger partial charge in [-0.05, 0) is 60.8 Å². The number of nitrogens with zero attached hydrogens (tertiary/aromatic N) is 2. The molecule has 2 aliphatic rings. The average Bonchev–Trinajstić information content (AvgIpc) is 3.03. The number of rotatable bonds is 5. The van der Waals surface area contributed by atoms with Crippen LogP contribution in [0.25, 0.3) is 0 Å². The summed E-state index contributed by atoms with van der Waals surface area (Å²) in [5.41, 5.74) is -1.39. The van der Waals surface area contributed by atoms with Gasteiger partial charge in [0.15, 0.2) is 15.8 Å². The molecule has 0 aromatic carbocycles. The summed E-state index contributed by atoms with van der Waals surface area (Å²) in [5.74, 6) is 1.09. The Hall–Kier alpha value is -0.820. The summed E-state index contributed by atoms with van der Waals surface area (Å²) in [5, 5.41) is 6.47. The number of hydrogen-bond acceptors (Lipinski definition) is 6. The lowest BCUT2D eigenvalue weighted by Gasteiger charge is -2.35. The molecule has 2 saturated heterocycles. The molecular formula is C20H39IN4O5S. The molecule has 182 valence electrons. The number of ether oxygens (including phenoxy) is 2. The van der Waals surface area contributed by atoms with Crippen molar-refractivity contribution in [1.29, 1.82) is 0 Å². The van der Waals surface area contributed by atoms with Crippen LogP contribution in [-0.4, -0.2) is 80.0 Å². The summed E-state index contributed by atoms with van der Waals surface area (Å²) >= 11 is 0. The van der Waals surface area contributed by atoms with Gasteiger partial charge in [-0.3, -0.25) is 9.89 Å². The number of aliphatic imine (C=N–C) groups is 1. The number of hydrogen-bond donors (Lipinski definition) is 2. The van der Waals surface area contributed by atoms with E-state index in [-0.39, 0.29) is 53.5 Å². The number of halogens is 1. The maximum absolute atomic E-state index is 12.9. The van der Waals surface area contributed by atoms with Crippen LogP contribution in [0.15, 0.2) is 4.99 Å². The molecule has 0 aromatic rings. The predicted molar refractivity (Wildman–Crippen MR) is 133 cm³/mol. The van der Waals surface area contributed by atoms with Gasteiger partial charge in [-0.1, -0.05) is 0 Å². The van der Waals surface area contributed by atoms with E-state index < -0.39 is 27.3 Å². The first-order valence-corrected chi connectivity index (χ1v) is 12.5. The topological polar surface area (TPSA) is 109 Å². The monoisotopic (exact) mass is 574 g/mol. The minimum absolute atomic E-state index is 0. The molecule has 1 amide bonds. The second kappa shape index (κ2) is 10.9. The highest BCUT2D eigenvalue weighted by molar-refractivity contribution is 14.0. The number of guanidine groups is 1. The predicted octanol–water partition coefficient (Wildman–Crippen LogP) is 2.35. The molecule has 2 N–H and O–H groups in total. The molecule has 9 nitrogen and oxygen atoms in total. The van der Waals surface area contributed by atoms with Gasteiger partial charge < -0.3 is 20.1 Å². The van der Waals surface area contributed by atoms with Crippen molar-refractivity contribution in [2.45, 2.75) is 78.4 Å². The molecule has 31 heavy (non-hydrogen) atoms. The maximum Gasteiger partial charge on any atom is 0.412 e. The molecular weight excluding hydrogens is 535 g/mol. The lowest BCUT2D eigenvalue weighted by atomic mass is 10.1. The molecule has 2 fully saturated rings. The minimum atomic E-state index is -2.92. The molecule has 3 atom stereocenters. The molecule has 11 heteroatoms. The van der Waals surface area contributed by atoms with Crippen molar-refractivity contribution in [3.05, 3.63) is 0 Å². The Labute approximate surface area is 204 Å². The van der Waals surface area contributed by atoms with Gasteiger partial charge in [-0.25, -0.2) is 13.2 Å². The molecule has 3 unspecified atom stereocenters. The lowest BCUT2D eigenvalue weighted by Crippen LogP contribution is -2.54. The van der Waals surface area contributed by atoms with Crippen LogP contribution >= 0.6 is 24.0 Å². The van der Waals surface area contributed by atoms with E-state index in [4.69, 9.17) is 9.47 Å². The number of carbonyl (C=O) groups excluding carboxylic acids is 1. The van der Waals surface area contributed by atoms with Gasteiger partial charge >= 0.3 is 6.09 Å². The van der Waals surface area contributed by atoms with Gasteiger partial charge in [0.25, 0.3) is 0 Å². The van der Waals surface area contributed by atoms with Gasteiger partial charge in [-0.2, -0.15) is 0 Å². The summed E-state index contributed by atoms with van der Waals surface area (Å²) in [6.45, 7) is 14.7. The van der Waals surface area contributed by atoms with Crippen LogP contribution in [0.5, 0.6) is 0 Å². The van der Waals surface area contributed by atoms with Gasteiger partial charge in [-0.15, -0.1) is 24.0 Å². The third kappa shape index (κ3) is 8.23. The van der Waals surface area contributed by atoms with Crippen LogP contribution < -0.4 is 10.6 Å². The van der Waals surface area contributed by atoms with Crippen molar-refractivity contribution in [3.8, 4) is 0 Å². The molecule has 0 aromatic heterocycles. The smallest absolute Gasteiger partial charge is 0.412 e. The summed E-state index contributed by atoms with van der Waals surface area (Å²) in [6, 6.07) is -0.245. The van der Waals surface area contributed by atoms with Crippen LogP contribution in [0.4, 0.5) is 4.79 Å². The number of amides is 1. The van der Waals surface area contributed by atoms with E-state index in [1.807, 2.05) is 48.5 Å². The van der Waals surface area contributed by atoms with Crippen molar-refractivity contribution in [2.24, 2.45) is 10.9 Å². The van der Waals surface area contributed by atoms with Crippen LogP contribution in [0.2, 0.25) is 0 Å². The fourth-order valence-corrected chi connectivity index (χ4v) is 5.75. The van der Waals surface area contributed by atoms with E-state index in [2.05, 4.69) is 15.6 Å². The molecule has 0 saturated carbocycles. The van der Waals surface area contributed by atoms with Crippen LogP contribution in [0.1, 0.15) is 54.9 Å². The highest BCUT2D eigenvalue weighted by Gasteiger charge is 2.49. The zero-order chi connectivity index (χ0) is 22.7. The Kier molecular flexibility index (Phi) is 9.89. The molecule has 0 aliphatic carbocycles. The average molecular weight is 575 g/mol. The van der Waals surface area contributed by atoms with Gasteiger partial charge in [0.1, 0.15) is 11.3 Å². The largest absolute Gasteiger partial charge is 0.444 e. The number of sulfone groups is 1. The summed E-state index contributed by atoms with van der Waals surface area (Å²) < 4.78 is 35.0. The van der Waals surface area contributed by atoms with Crippen LogP contribution in [0, 0.1) is 5.92 Å². The highest BCUT2D eigenvalue weighted by atomic mass is 127. The molecule has 0 bridgehead atoms. The first-order chi connectivity index (χ1) is 13.7. The fraction of sp³-hybridized carbons (Fsp3) is 0.900. The van der Waals surface area contributed by atoms with E-state index in [0.717, 1.165) is 0 Å². The standard InChI is InChI=1S/C20H38N4O5S.HI/c1-8-21-17(22-11-15-9-10-30(26,27)13-15)23-12-16-14(2)28-20(6,7)24(16)18(25)29-19(3,4)5;/h14-16H,8-13H2,1-7H3,(H2,21,22,23);1H. The Balaban J connectivity index is 0.00000480. The van der Waals surface area contributed by atoms with Crippen molar-refractivity contribution < 1.29 is 22.7 Å². The van der Waals surface area contributed by atoms with Crippen molar-refractivity contribution >= 4 is 45.9 Å². The molecule has 2 aliphatic heterocycles. The third-order valence-electron chi connectivity index (χ3n) is 5.18. The first-order valence-electron chi connectivity index (χ1n) is 10.7. The second-order valence-electron chi connectivity index (χ2n) is 9.56. The molecule has 2 rings (SSSR count). The normalized spacial score (nSPS) is 27.5. The van der Waals surface area contributed by atoms with E-state index >= 15 is 0 Å². The summed E-state index contributed by atoms with van der Waals surface area (Å²) in [7, 11) is -2.92. The molecule has 0 spiro atoms. The Bertz CT molecular complexity index is 751. The van der Waals surface area contributed by atoms with E-state index in [1.165, 1.54) is 0 Å². The lowest BCUT2D eigenvalue weighted by molar-refractivity contribution is -0.0755. The van der Waals surface area contributed by atoms with Crippen LogP contribution in [0.3, 0.4) is 0 Å². The zero-order valence-corrected chi connectivity index (χ0v) is 22.9. The Morgan fingerprint density at radius 3 is 2.45 bits per heavy atom. The van der Waals surface area contributed by atoms with Crippen molar-refractivity contribution in [1.82, 2.24) is 15.5 Å². The third-order valence-corrected chi connectivity index (χ3v) is 7.01. The van der Waals surface area contributed by atoms with Gasteiger partial charge in [0.2, 0.25) is 0 Å². The quantitative estimate of drug-likeness (QED) is 0.295.